The number of halogens is 1. The van der Waals surface area contributed by atoms with Gasteiger partial charge >= 0.3 is 0 Å². The molecular formula is C13H14BrN3O2S. The SMILES string of the molecule is CCN1CCc2nc(NC(=O)c3ccc(Br)o3)sc2C1. The van der Waals surface area contributed by atoms with Crippen molar-refractivity contribution in [1.82, 2.24) is 9.88 Å². The van der Waals surface area contributed by atoms with Gasteiger partial charge in [-0.2, -0.15) is 0 Å². The van der Waals surface area contributed by atoms with Crippen molar-refractivity contribution in [3.05, 3.63) is 33.1 Å². The van der Waals surface area contributed by atoms with E-state index in [4.69, 9.17) is 4.42 Å². The standard InChI is InChI=1S/C13H14BrN3O2S/c1-2-17-6-5-8-10(7-17)20-13(15-8)16-12(18)9-3-4-11(14)19-9/h3-4H,2,5-7H2,1H3,(H,15,16,18). The van der Waals surface area contributed by atoms with E-state index in [1.54, 1.807) is 23.5 Å². The van der Waals surface area contributed by atoms with Crippen molar-refractivity contribution >= 4 is 38.3 Å². The molecule has 1 aliphatic heterocycles. The molecule has 0 aromatic carbocycles. The first kappa shape index (κ1) is 13.8. The number of thiazole rings is 1. The van der Waals surface area contributed by atoms with Crippen LogP contribution in [0.2, 0.25) is 0 Å². The molecule has 0 fully saturated rings. The molecule has 20 heavy (non-hydrogen) atoms. The van der Waals surface area contributed by atoms with E-state index in [9.17, 15) is 4.79 Å². The van der Waals surface area contributed by atoms with Crippen molar-refractivity contribution in [2.75, 3.05) is 18.4 Å². The summed E-state index contributed by atoms with van der Waals surface area (Å²) >= 11 is 4.73. The minimum absolute atomic E-state index is 0.269. The van der Waals surface area contributed by atoms with Crippen LogP contribution in [0.1, 0.15) is 28.0 Å². The van der Waals surface area contributed by atoms with Gasteiger partial charge in [0.25, 0.3) is 5.91 Å². The molecule has 0 aliphatic carbocycles. The number of hydrogen-bond acceptors (Lipinski definition) is 5. The lowest BCUT2D eigenvalue weighted by atomic mass is 10.2. The maximum Gasteiger partial charge on any atom is 0.293 e. The van der Waals surface area contributed by atoms with Crippen molar-refractivity contribution in [2.24, 2.45) is 0 Å². The number of carbonyl (C=O) groups is 1. The molecule has 3 heterocycles. The van der Waals surface area contributed by atoms with Crippen LogP contribution in [0, 0.1) is 0 Å². The number of aromatic nitrogens is 1. The minimum Gasteiger partial charge on any atom is -0.444 e. The number of likely N-dealkylation sites (N-methyl/N-ethyl adjacent to an activating group) is 1. The summed E-state index contributed by atoms with van der Waals surface area (Å²) in [5, 5.41) is 3.44. The first-order valence-electron chi connectivity index (χ1n) is 6.43. The van der Waals surface area contributed by atoms with Gasteiger partial charge in [-0.05, 0) is 34.6 Å². The molecular weight excluding hydrogens is 342 g/mol. The third-order valence-electron chi connectivity index (χ3n) is 3.27. The average Bonchev–Trinajstić information content (AvgIpc) is 3.03. The highest BCUT2D eigenvalue weighted by molar-refractivity contribution is 9.10. The monoisotopic (exact) mass is 355 g/mol. The second-order valence-corrected chi connectivity index (χ2v) is 6.43. The Balaban J connectivity index is 1.73. The second-order valence-electron chi connectivity index (χ2n) is 4.57. The second kappa shape index (κ2) is 5.67. The van der Waals surface area contributed by atoms with Gasteiger partial charge in [0.1, 0.15) is 0 Å². The Bertz CT molecular complexity index is 637. The summed E-state index contributed by atoms with van der Waals surface area (Å²) in [6, 6.07) is 3.33. The van der Waals surface area contributed by atoms with Gasteiger partial charge in [0, 0.05) is 24.4 Å². The predicted octanol–water partition coefficient (Wildman–Crippen LogP) is 3.13. The van der Waals surface area contributed by atoms with Crippen LogP contribution in [0.25, 0.3) is 0 Å². The fourth-order valence-corrected chi connectivity index (χ4v) is 3.52. The highest BCUT2D eigenvalue weighted by atomic mass is 79.9. The number of carbonyl (C=O) groups excluding carboxylic acids is 1. The van der Waals surface area contributed by atoms with Crippen LogP contribution in [0.3, 0.4) is 0 Å². The molecule has 2 aromatic rings. The molecule has 0 spiro atoms. The lowest BCUT2D eigenvalue weighted by Gasteiger charge is -2.23. The quantitative estimate of drug-likeness (QED) is 0.918. The Hall–Kier alpha value is -1.18. The maximum absolute atomic E-state index is 12.0. The van der Waals surface area contributed by atoms with Crippen LogP contribution in [0.15, 0.2) is 21.2 Å². The molecule has 2 aromatic heterocycles. The fourth-order valence-electron chi connectivity index (χ4n) is 2.17. The maximum atomic E-state index is 12.0. The summed E-state index contributed by atoms with van der Waals surface area (Å²) in [4.78, 5) is 20.1. The van der Waals surface area contributed by atoms with Crippen LogP contribution in [-0.2, 0) is 13.0 Å². The van der Waals surface area contributed by atoms with Gasteiger partial charge in [0.05, 0.1) is 5.69 Å². The molecule has 5 nitrogen and oxygen atoms in total. The Morgan fingerprint density at radius 2 is 2.45 bits per heavy atom. The van der Waals surface area contributed by atoms with E-state index in [0.717, 1.165) is 31.7 Å². The van der Waals surface area contributed by atoms with E-state index in [1.807, 2.05) is 0 Å². The molecule has 1 amide bonds. The summed E-state index contributed by atoms with van der Waals surface area (Å²) in [7, 11) is 0. The Kier molecular flexibility index (Phi) is 3.91. The molecule has 0 bridgehead atoms. The number of nitrogens with zero attached hydrogens (tertiary/aromatic N) is 2. The van der Waals surface area contributed by atoms with Gasteiger partial charge in [-0.1, -0.05) is 6.92 Å². The Morgan fingerprint density at radius 1 is 1.60 bits per heavy atom. The van der Waals surface area contributed by atoms with E-state index < -0.39 is 0 Å². The number of fused-ring (bicyclic) bond motifs is 1. The first-order valence-corrected chi connectivity index (χ1v) is 8.04. The molecule has 106 valence electrons. The van der Waals surface area contributed by atoms with E-state index in [2.05, 4.69) is 38.1 Å². The smallest absolute Gasteiger partial charge is 0.293 e. The van der Waals surface area contributed by atoms with Gasteiger partial charge in [0.2, 0.25) is 0 Å². The van der Waals surface area contributed by atoms with Crippen LogP contribution < -0.4 is 5.32 Å². The highest BCUT2D eigenvalue weighted by Gasteiger charge is 2.21. The van der Waals surface area contributed by atoms with Crippen molar-refractivity contribution in [3.63, 3.8) is 0 Å². The zero-order valence-corrected chi connectivity index (χ0v) is 13.4. The summed E-state index contributed by atoms with van der Waals surface area (Å²) in [6.07, 6.45) is 0.946. The fraction of sp³-hybridized carbons (Fsp3) is 0.385. The predicted molar refractivity (Wildman–Crippen MR) is 81.1 cm³/mol. The molecule has 3 rings (SSSR count). The van der Waals surface area contributed by atoms with Crippen molar-refractivity contribution in [1.29, 1.82) is 0 Å². The van der Waals surface area contributed by atoms with Crippen LogP contribution in [0.4, 0.5) is 5.13 Å². The van der Waals surface area contributed by atoms with E-state index in [0.29, 0.717) is 9.80 Å². The third kappa shape index (κ3) is 2.79. The molecule has 0 saturated heterocycles. The number of nitrogens with one attached hydrogen (secondary N) is 1. The van der Waals surface area contributed by atoms with Crippen LogP contribution in [0.5, 0.6) is 0 Å². The average molecular weight is 356 g/mol. The molecule has 0 atom stereocenters. The number of rotatable bonds is 3. The van der Waals surface area contributed by atoms with Gasteiger partial charge < -0.3 is 4.42 Å². The number of hydrogen-bond donors (Lipinski definition) is 1. The van der Waals surface area contributed by atoms with E-state index in [1.165, 1.54) is 4.88 Å². The number of anilines is 1. The molecule has 1 N–H and O–H groups in total. The van der Waals surface area contributed by atoms with E-state index >= 15 is 0 Å². The molecule has 7 heteroatoms. The van der Waals surface area contributed by atoms with E-state index in [-0.39, 0.29) is 11.7 Å². The van der Waals surface area contributed by atoms with Crippen molar-refractivity contribution in [3.8, 4) is 0 Å². The Labute approximate surface area is 129 Å². The van der Waals surface area contributed by atoms with Gasteiger partial charge in [0.15, 0.2) is 15.6 Å². The lowest BCUT2D eigenvalue weighted by molar-refractivity contribution is 0.0995. The normalized spacial score (nSPS) is 15.1. The minimum atomic E-state index is -0.269. The summed E-state index contributed by atoms with van der Waals surface area (Å²) in [6.45, 7) is 5.15. The largest absolute Gasteiger partial charge is 0.444 e. The topological polar surface area (TPSA) is 58.4 Å². The summed E-state index contributed by atoms with van der Waals surface area (Å²) < 4.78 is 5.77. The Morgan fingerprint density at radius 3 is 3.15 bits per heavy atom. The lowest BCUT2D eigenvalue weighted by Crippen LogP contribution is -2.29. The first-order chi connectivity index (χ1) is 9.65. The zero-order valence-electron chi connectivity index (χ0n) is 11.0. The van der Waals surface area contributed by atoms with Crippen molar-refractivity contribution < 1.29 is 9.21 Å². The molecule has 0 radical (unpaired) electrons. The van der Waals surface area contributed by atoms with Crippen LogP contribution in [-0.4, -0.2) is 28.9 Å². The number of furan rings is 1. The van der Waals surface area contributed by atoms with Crippen molar-refractivity contribution in [2.45, 2.75) is 19.9 Å². The van der Waals surface area contributed by atoms with Gasteiger partial charge in [-0.3, -0.25) is 15.0 Å². The molecule has 1 aliphatic rings. The summed E-state index contributed by atoms with van der Waals surface area (Å²) in [5.41, 5.74) is 1.11. The van der Waals surface area contributed by atoms with Gasteiger partial charge in [-0.15, -0.1) is 11.3 Å². The highest BCUT2D eigenvalue weighted by Crippen LogP contribution is 2.28. The summed E-state index contributed by atoms with van der Waals surface area (Å²) in [5.74, 6) is 0.00868. The molecule has 0 saturated carbocycles. The van der Waals surface area contributed by atoms with Crippen LogP contribution >= 0.6 is 27.3 Å². The number of amides is 1. The zero-order chi connectivity index (χ0) is 14.1. The molecule has 0 unspecified atom stereocenters. The van der Waals surface area contributed by atoms with Gasteiger partial charge in [-0.25, -0.2) is 4.98 Å². The third-order valence-corrected chi connectivity index (χ3v) is 4.70.